The van der Waals surface area contributed by atoms with Gasteiger partial charge < -0.3 is 10.1 Å². The normalized spacial score (nSPS) is 10.9. The van der Waals surface area contributed by atoms with Gasteiger partial charge >= 0.3 is 5.97 Å². The fraction of sp³-hybridized carbons (Fsp3) is 0.200. The Morgan fingerprint density at radius 3 is 2.56 bits per heavy atom. The fourth-order valence-corrected chi connectivity index (χ4v) is 4.57. The highest BCUT2D eigenvalue weighted by molar-refractivity contribution is 7.15. The zero-order valence-electron chi connectivity index (χ0n) is 18.8. The summed E-state index contributed by atoms with van der Waals surface area (Å²) in [5.74, 6) is -1.97. The lowest BCUT2D eigenvalue weighted by molar-refractivity contribution is 0.0529. The number of hydrogen-bond donors (Lipinski definition) is 1. The van der Waals surface area contributed by atoms with Crippen molar-refractivity contribution in [1.29, 1.82) is 0 Å². The lowest BCUT2D eigenvalue weighted by Crippen LogP contribution is -2.27. The van der Waals surface area contributed by atoms with E-state index < -0.39 is 23.1 Å². The van der Waals surface area contributed by atoms with Gasteiger partial charge in [0.15, 0.2) is 5.69 Å². The van der Waals surface area contributed by atoms with Crippen LogP contribution in [-0.4, -0.2) is 28.3 Å². The van der Waals surface area contributed by atoms with E-state index in [2.05, 4.69) is 10.4 Å². The lowest BCUT2D eigenvalue weighted by atomic mass is 10.0. The first-order valence-electron chi connectivity index (χ1n) is 10.7. The van der Waals surface area contributed by atoms with Crippen LogP contribution in [0.25, 0.3) is 22.0 Å². The number of fused-ring (bicyclic) bond motifs is 1. The Hall–Kier alpha value is -3.85. The van der Waals surface area contributed by atoms with Gasteiger partial charge in [0.2, 0.25) is 5.43 Å². The van der Waals surface area contributed by atoms with E-state index in [4.69, 9.17) is 4.74 Å². The van der Waals surface area contributed by atoms with Gasteiger partial charge in [0.1, 0.15) is 16.4 Å². The van der Waals surface area contributed by atoms with Crippen molar-refractivity contribution in [3.05, 3.63) is 80.7 Å². The van der Waals surface area contributed by atoms with E-state index in [9.17, 15) is 18.8 Å². The van der Waals surface area contributed by atoms with Crippen LogP contribution in [-0.2, 0) is 11.3 Å². The van der Waals surface area contributed by atoms with Gasteiger partial charge in [-0.05, 0) is 44.5 Å². The highest BCUT2D eigenvalue weighted by Gasteiger charge is 2.25. The number of carbonyl (C=O) groups excluding carboxylic acids is 2. The molecule has 2 aromatic carbocycles. The molecule has 0 fully saturated rings. The monoisotopic (exact) mass is 479 g/mol. The van der Waals surface area contributed by atoms with E-state index in [1.165, 1.54) is 16.8 Å². The number of hydrogen-bond acceptors (Lipinski definition) is 6. The summed E-state index contributed by atoms with van der Waals surface area (Å²) in [5.41, 5.74) is 2.01. The lowest BCUT2D eigenvalue weighted by Gasteiger charge is -2.11. The average molecular weight is 480 g/mol. The molecule has 7 nitrogen and oxygen atoms in total. The smallest absolute Gasteiger partial charge is 0.341 e. The average Bonchev–Trinajstić information content (AvgIpc) is 3.23. The number of benzene rings is 2. The molecule has 1 amide bonds. The summed E-state index contributed by atoms with van der Waals surface area (Å²) in [7, 11) is 0. The highest BCUT2D eigenvalue weighted by Crippen LogP contribution is 2.36. The summed E-state index contributed by atoms with van der Waals surface area (Å²) in [5, 5.41) is 8.88. The van der Waals surface area contributed by atoms with Crippen LogP contribution in [0.2, 0.25) is 0 Å². The summed E-state index contributed by atoms with van der Waals surface area (Å²) >= 11 is 1.14. The molecule has 0 spiro atoms. The summed E-state index contributed by atoms with van der Waals surface area (Å²) in [4.78, 5) is 38.9. The van der Waals surface area contributed by atoms with E-state index in [0.29, 0.717) is 17.6 Å². The molecule has 0 aliphatic rings. The van der Waals surface area contributed by atoms with Crippen LogP contribution in [0.5, 0.6) is 0 Å². The zero-order chi connectivity index (χ0) is 24.4. The zero-order valence-corrected chi connectivity index (χ0v) is 19.7. The van der Waals surface area contributed by atoms with Crippen LogP contribution in [0.15, 0.2) is 52.6 Å². The minimum absolute atomic E-state index is 0.0548. The van der Waals surface area contributed by atoms with Crippen molar-refractivity contribution in [2.24, 2.45) is 0 Å². The van der Waals surface area contributed by atoms with Gasteiger partial charge in [-0.1, -0.05) is 29.8 Å². The molecule has 0 aliphatic carbocycles. The Balaban J connectivity index is 1.78. The molecule has 0 unspecified atom stereocenters. The molecule has 174 valence electrons. The summed E-state index contributed by atoms with van der Waals surface area (Å²) in [6.07, 6.45) is 0. The third-order valence-electron chi connectivity index (χ3n) is 5.29. The molecule has 0 bridgehead atoms. The van der Waals surface area contributed by atoms with Crippen molar-refractivity contribution in [2.75, 3.05) is 11.9 Å². The van der Waals surface area contributed by atoms with Crippen molar-refractivity contribution in [2.45, 2.75) is 27.3 Å². The topological polar surface area (TPSA) is 90.3 Å². The number of rotatable bonds is 6. The Bertz CT molecular complexity index is 1460. The number of nitrogens with one attached hydrogen (secondary N) is 1. The van der Waals surface area contributed by atoms with Crippen molar-refractivity contribution < 1.29 is 18.7 Å². The molecule has 2 heterocycles. The Kier molecular flexibility index (Phi) is 6.56. The fourth-order valence-electron chi connectivity index (χ4n) is 3.62. The third kappa shape index (κ3) is 4.34. The predicted molar refractivity (Wildman–Crippen MR) is 130 cm³/mol. The first-order chi connectivity index (χ1) is 16.3. The third-order valence-corrected chi connectivity index (χ3v) is 6.19. The van der Waals surface area contributed by atoms with Gasteiger partial charge in [-0.25, -0.2) is 9.18 Å². The van der Waals surface area contributed by atoms with Crippen molar-refractivity contribution in [3.8, 4) is 11.1 Å². The quantitative estimate of drug-likeness (QED) is 0.392. The number of nitrogens with zero attached hydrogens (tertiary/aromatic N) is 2. The Morgan fingerprint density at radius 2 is 1.88 bits per heavy atom. The molecule has 0 radical (unpaired) electrons. The molecule has 9 heteroatoms. The number of halogens is 1. The molecule has 2 aromatic heterocycles. The van der Waals surface area contributed by atoms with E-state index in [0.717, 1.165) is 28.5 Å². The minimum Gasteiger partial charge on any atom is -0.462 e. The maximum absolute atomic E-state index is 13.8. The predicted octanol–water partition coefficient (Wildman–Crippen LogP) is 5.02. The first kappa shape index (κ1) is 23.3. The molecule has 0 saturated heterocycles. The van der Waals surface area contributed by atoms with Crippen LogP contribution in [0.4, 0.5) is 9.39 Å². The number of thiophene rings is 1. The Morgan fingerprint density at radius 1 is 1.15 bits per heavy atom. The molecular weight excluding hydrogens is 457 g/mol. The van der Waals surface area contributed by atoms with E-state index >= 15 is 0 Å². The maximum atomic E-state index is 13.8. The summed E-state index contributed by atoms with van der Waals surface area (Å²) < 4.78 is 20.5. The maximum Gasteiger partial charge on any atom is 0.341 e. The first-order valence-corrected chi connectivity index (χ1v) is 11.6. The van der Waals surface area contributed by atoms with Gasteiger partial charge in [0.25, 0.3) is 5.91 Å². The van der Waals surface area contributed by atoms with Crippen molar-refractivity contribution >= 4 is 39.1 Å². The largest absolute Gasteiger partial charge is 0.462 e. The SMILES string of the molecule is CCOC(=O)c1c(-c2ccc(C)cc2)csc1NC(=O)c1nn(CC)c2ccc(F)cc2c1=O. The van der Waals surface area contributed by atoms with Crippen LogP contribution < -0.4 is 10.7 Å². The standard InChI is InChI=1S/C25H22FN3O4S/c1-4-29-19-11-10-16(26)12-17(19)22(30)21(28-29)23(31)27-24-20(25(32)33-5-2)18(13-34-24)15-8-6-14(3)7-9-15/h6-13H,4-5H2,1-3H3,(H,27,31). The van der Waals surface area contributed by atoms with Gasteiger partial charge in [0, 0.05) is 17.5 Å². The van der Waals surface area contributed by atoms with Gasteiger partial charge in [-0.15, -0.1) is 11.3 Å². The summed E-state index contributed by atoms with van der Waals surface area (Å²) in [6, 6.07) is 11.4. The number of amides is 1. The van der Waals surface area contributed by atoms with E-state index in [-0.39, 0.29) is 28.3 Å². The van der Waals surface area contributed by atoms with Crippen molar-refractivity contribution in [1.82, 2.24) is 9.78 Å². The second kappa shape index (κ2) is 9.56. The van der Waals surface area contributed by atoms with E-state index in [1.807, 2.05) is 31.2 Å². The molecule has 1 N–H and O–H groups in total. The number of aromatic nitrogens is 2. The van der Waals surface area contributed by atoms with Gasteiger partial charge in [-0.2, -0.15) is 5.10 Å². The minimum atomic E-state index is -0.791. The summed E-state index contributed by atoms with van der Waals surface area (Å²) in [6.45, 7) is 5.98. The molecule has 34 heavy (non-hydrogen) atoms. The van der Waals surface area contributed by atoms with Crippen LogP contribution in [0.3, 0.4) is 0 Å². The molecule has 4 aromatic rings. The van der Waals surface area contributed by atoms with Gasteiger partial charge in [-0.3, -0.25) is 14.3 Å². The van der Waals surface area contributed by atoms with Crippen molar-refractivity contribution in [3.63, 3.8) is 0 Å². The second-order valence-corrected chi connectivity index (χ2v) is 8.43. The number of anilines is 1. The molecular formula is C25H22FN3O4S. The number of ether oxygens (including phenoxy) is 1. The second-order valence-electron chi connectivity index (χ2n) is 7.55. The van der Waals surface area contributed by atoms with Gasteiger partial charge in [0.05, 0.1) is 17.5 Å². The van der Waals surface area contributed by atoms with Crippen LogP contribution >= 0.6 is 11.3 Å². The number of carbonyl (C=O) groups is 2. The number of esters is 1. The highest BCUT2D eigenvalue weighted by atomic mass is 32.1. The molecule has 0 saturated carbocycles. The van der Waals surface area contributed by atoms with E-state index in [1.54, 1.807) is 19.2 Å². The Labute approximate surface area is 198 Å². The van der Waals surface area contributed by atoms with Crippen LogP contribution in [0.1, 0.15) is 40.3 Å². The van der Waals surface area contributed by atoms with Crippen LogP contribution in [0, 0.1) is 12.7 Å². The molecule has 0 atom stereocenters. The molecule has 0 aliphatic heterocycles. The molecule has 4 rings (SSSR count). The number of aryl methyl sites for hydroxylation is 2.